The molecule has 53 heavy (non-hydrogen) atoms. The summed E-state index contributed by atoms with van der Waals surface area (Å²) in [6.45, 7) is 5.97. The number of carbonyl (C=O) groups excluding carboxylic acids is 1. The van der Waals surface area contributed by atoms with Gasteiger partial charge in [-0.15, -0.1) is 0 Å². The van der Waals surface area contributed by atoms with Crippen molar-refractivity contribution in [2.24, 2.45) is 5.92 Å². The van der Waals surface area contributed by atoms with Crippen LogP contribution in [0.5, 0.6) is 11.5 Å². The second kappa shape index (κ2) is 16.4. The predicted octanol–water partition coefficient (Wildman–Crippen LogP) is 4.97. The normalized spacial score (nSPS) is 16.3. The molecule has 0 bridgehead atoms. The Kier molecular flexibility index (Phi) is 11.1. The first-order valence-corrected chi connectivity index (χ1v) is 17.7. The number of hydrogen-bond donors (Lipinski definition) is 1. The molecule has 2 saturated heterocycles. The van der Waals surface area contributed by atoms with E-state index in [-0.39, 0.29) is 35.1 Å². The number of carbonyl (C=O) groups is 1. The van der Waals surface area contributed by atoms with Gasteiger partial charge >= 0.3 is 0 Å². The average molecular weight is 719 g/mol. The lowest BCUT2D eigenvalue weighted by Gasteiger charge is -2.23. The van der Waals surface area contributed by atoms with Crippen LogP contribution in [0.1, 0.15) is 34.5 Å². The number of ketones is 1. The molecule has 2 fully saturated rings. The molecule has 6 heterocycles. The van der Waals surface area contributed by atoms with Gasteiger partial charge in [-0.3, -0.25) is 14.6 Å². The maximum absolute atomic E-state index is 13.7. The van der Waals surface area contributed by atoms with Crippen LogP contribution in [0.15, 0.2) is 78.1 Å². The van der Waals surface area contributed by atoms with Crippen LogP contribution in [0.2, 0.25) is 0 Å². The van der Waals surface area contributed by atoms with E-state index in [0.717, 1.165) is 29.5 Å². The van der Waals surface area contributed by atoms with Gasteiger partial charge in [0, 0.05) is 55.7 Å². The van der Waals surface area contributed by atoms with Crippen LogP contribution < -0.4 is 20.6 Å². The van der Waals surface area contributed by atoms with Gasteiger partial charge in [-0.05, 0) is 73.2 Å². The topological polar surface area (TPSA) is 163 Å². The van der Waals surface area contributed by atoms with Crippen molar-refractivity contribution in [3.63, 3.8) is 0 Å². The number of nitrogens with zero attached hydrogens (tertiary/aromatic N) is 5. The molecule has 13 nitrogen and oxygen atoms in total. The lowest BCUT2D eigenvalue weighted by atomic mass is 9.99. The van der Waals surface area contributed by atoms with E-state index >= 15 is 0 Å². The van der Waals surface area contributed by atoms with E-state index in [4.69, 9.17) is 29.4 Å². The van der Waals surface area contributed by atoms with Gasteiger partial charge in [-0.2, -0.15) is 10.2 Å². The number of aromatic nitrogens is 5. The number of nitrogens with two attached hydrogens (primary N) is 1. The molecule has 2 aliphatic rings. The molecular formula is C40H42N6O7. The Morgan fingerprint density at radius 2 is 1.74 bits per heavy atom. The summed E-state index contributed by atoms with van der Waals surface area (Å²) in [6, 6.07) is 14.7. The second-order valence-corrected chi connectivity index (χ2v) is 13.3. The smallest absolute Gasteiger partial charge is 0.201 e. The summed E-state index contributed by atoms with van der Waals surface area (Å²) in [7, 11) is 1.58. The van der Waals surface area contributed by atoms with E-state index in [2.05, 4.69) is 20.2 Å². The van der Waals surface area contributed by atoms with E-state index in [1.54, 1.807) is 44.0 Å². The number of rotatable bonds is 12. The van der Waals surface area contributed by atoms with Crippen LogP contribution in [0.25, 0.3) is 33.6 Å². The van der Waals surface area contributed by atoms with Gasteiger partial charge in [0.05, 0.1) is 61.6 Å². The summed E-state index contributed by atoms with van der Waals surface area (Å²) in [5, 5.41) is 8.76. The number of nitrogen functional groups attached to an aromatic ring is 1. The van der Waals surface area contributed by atoms with Gasteiger partial charge in [0.15, 0.2) is 17.3 Å². The molecule has 7 rings (SSSR count). The molecule has 4 aromatic heterocycles. The first-order valence-electron chi connectivity index (χ1n) is 17.7. The zero-order chi connectivity index (χ0) is 36.7. The Hall–Kier alpha value is -5.50. The molecule has 0 unspecified atom stereocenters. The number of methoxy groups -OCH3 is 1. The number of aryl methyl sites for hydroxylation is 1. The van der Waals surface area contributed by atoms with Crippen LogP contribution in [-0.4, -0.2) is 83.4 Å². The summed E-state index contributed by atoms with van der Waals surface area (Å²) in [5.74, 6) is 1.45. The lowest BCUT2D eigenvalue weighted by Crippen LogP contribution is -2.33. The summed E-state index contributed by atoms with van der Waals surface area (Å²) < 4.78 is 30.2. The molecule has 1 atom stereocenters. The summed E-state index contributed by atoms with van der Waals surface area (Å²) >= 11 is 0. The molecule has 0 amide bonds. The van der Waals surface area contributed by atoms with Crippen molar-refractivity contribution < 1.29 is 28.5 Å². The van der Waals surface area contributed by atoms with Gasteiger partial charge in [-0.1, -0.05) is 12.1 Å². The standard InChI is InChI=1S/C40H42N6O7/c1-25-3-6-34(42-18-25)32-21-46(20-26-9-11-50-12-10-26)22-33(39(32)48)36(47)17-29-5-7-35(45-44-29)31-15-28(19-43-40(31)41)27-4-8-37(38(16-27)49-2)53-24-30-23-51-13-14-52-30/h3-8,15-16,18-19,21-22,26,30H,9-14,17,20,23-24H2,1-2H3,(H2,41,43)/t30-/m1/s1. The van der Waals surface area contributed by atoms with E-state index in [1.165, 1.54) is 0 Å². The third-order valence-electron chi connectivity index (χ3n) is 9.44. The molecule has 2 aliphatic heterocycles. The number of anilines is 1. The van der Waals surface area contributed by atoms with Gasteiger partial charge in [0.2, 0.25) is 5.43 Å². The SMILES string of the molecule is COc1cc(-c2cnc(N)c(-c3ccc(CC(=O)c4cn(CC5CCOCC5)cc(-c5ccc(C)cn5)c4=O)nn3)c2)ccc1OC[C@H]1COCCO1. The molecule has 0 saturated carbocycles. The van der Waals surface area contributed by atoms with E-state index in [0.29, 0.717) is 91.8 Å². The highest BCUT2D eigenvalue weighted by molar-refractivity contribution is 5.98. The second-order valence-electron chi connectivity index (χ2n) is 13.3. The highest BCUT2D eigenvalue weighted by Crippen LogP contribution is 2.35. The molecule has 0 aliphatic carbocycles. The summed E-state index contributed by atoms with van der Waals surface area (Å²) in [6.07, 6.45) is 8.44. The summed E-state index contributed by atoms with van der Waals surface area (Å²) in [4.78, 5) is 36.4. The minimum atomic E-state index is -0.362. The molecule has 2 N–H and O–H groups in total. The number of pyridine rings is 3. The van der Waals surface area contributed by atoms with Crippen LogP contribution in [0.4, 0.5) is 5.82 Å². The molecular weight excluding hydrogens is 676 g/mol. The van der Waals surface area contributed by atoms with Crippen molar-refractivity contribution in [2.75, 3.05) is 52.5 Å². The Morgan fingerprint density at radius 1 is 0.887 bits per heavy atom. The van der Waals surface area contributed by atoms with E-state index in [1.807, 2.05) is 47.9 Å². The predicted molar refractivity (Wildman–Crippen MR) is 198 cm³/mol. The van der Waals surface area contributed by atoms with Crippen molar-refractivity contribution in [3.05, 3.63) is 100 Å². The number of ether oxygens (including phenoxy) is 5. The molecule has 5 aromatic rings. The zero-order valence-electron chi connectivity index (χ0n) is 29.8. The minimum absolute atomic E-state index is 0.0899. The number of hydrogen-bond acceptors (Lipinski definition) is 12. The lowest BCUT2D eigenvalue weighted by molar-refractivity contribution is -0.101. The Labute approximate surface area is 307 Å². The quantitative estimate of drug-likeness (QED) is 0.173. The summed E-state index contributed by atoms with van der Waals surface area (Å²) in [5.41, 5.74) is 11.0. The molecule has 0 spiro atoms. The first-order chi connectivity index (χ1) is 25.8. The van der Waals surface area contributed by atoms with Crippen LogP contribution >= 0.6 is 0 Å². The number of benzene rings is 1. The largest absolute Gasteiger partial charge is 0.493 e. The van der Waals surface area contributed by atoms with Crippen molar-refractivity contribution in [1.82, 2.24) is 24.7 Å². The van der Waals surface area contributed by atoms with Crippen molar-refractivity contribution >= 4 is 11.6 Å². The minimum Gasteiger partial charge on any atom is -0.493 e. The van der Waals surface area contributed by atoms with Gasteiger partial charge < -0.3 is 34.0 Å². The first kappa shape index (κ1) is 35.9. The van der Waals surface area contributed by atoms with Gasteiger partial charge in [0.1, 0.15) is 18.5 Å². The van der Waals surface area contributed by atoms with Crippen molar-refractivity contribution in [2.45, 2.75) is 38.8 Å². The van der Waals surface area contributed by atoms with Crippen molar-refractivity contribution in [3.8, 4) is 45.1 Å². The van der Waals surface area contributed by atoms with E-state index < -0.39 is 0 Å². The van der Waals surface area contributed by atoms with Crippen LogP contribution in [-0.2, 0) is 27.2 Å². The molecule has 0 radical (unpaired) electrons. The number of Topliss-reactive ketones (excluding diaryl/α,β-unsaturated/α-hetero) is 1. The third-order valence-corrected chi connectivity index (χ3v) is 9.44. The zero-order valence-corrected chi connectivity index (χ0v) is 29.8. The Morgan fingerprint density at radius 3 is 2.47 bits per heavy atom. The Bertz CT molecular complexity index is 2110. The Balaban J connectivity index is 1.09. The van der Waals surface area contributed by atoms with Crippen molar-refractivity contribution in [1.29, 1.82) is 0 Å². The van der Waals surface area contributed by atoms with Crippen LogP contribution in [0, 0.1) is 12.8 Å². The maximum Gasteiger partial charge on any atom is 0.201 e. The van der Waals surface area contributed by atoms with Gasteiger partial charge in [0.25, 0.3) is 0 Å². The monoisotopic (exact) mass is 718 g/mol. The molecule has 274 valence electrons. The average Bonchev–Trinajstić information content (AvgIpc) is 3.19. The fraction of sp³-hybridized carbons (Fsp3) is 0.350. The maximum atomic E-state index is 13.7. The fourth-order valence-electron chi connectivity index (χ4n) is 6.45. The molecule has 13 heteroatoms. The van der Waals surface area contributed by atoms with E-state index in [9.17, 15) is 9.59 Å². The van der Waals surface area contributed by atoms with Crippen LogP contribution in [0.3, 0.4) is 0 Å². The molecule has 1 aromatic carbocycles. The van der Waals surface area contributed by atoms with Gasteiger partial charge in [-0.25, -0.2) is 4.98 Å². The fourth-order valence-corrected chi connectivity index (χ4v) is 6.45. The third kappa shape index (κ3) is 8.60. The highest BCUT2D eigenvalue weighted by atomic mass is 16.6. The highest BCUT2D eigenvalue weighted by Gasteiger charge is 2.21.